The third kappa shape index (κ3) is 1.37. The first-order valence-electron chi connectivity index (χ1n) is 5.27. The van der Waals surface area contributed by atoms with Gasteiger partial charge in [-0.05, 0) is 37.8 Å². The van der Waals surface area contributed by atoms with Crippen LogP contribution in [0.25, 0.3) is 11.0 Å². The molecule has 2 aromatic rings. The monoisotopic (exact) mass is 203 g/mol. The molecule has 1 N–H and O–H groups in total. The number of aromatic hydroxyl groups is 1. The molecule has 15 heavy (non-hydrogen) atoms. The van der Waals surface area contributed by atoms with Crippen molar-refractivity contribution in [3.8, 4) is 5.75 Å². The van der Waals surface area contributed by atoms with E-state index in [0.29, 0.717) is 5.75 Å². The Morgan fingerprint density at radius 2 is 2.27 bits per heavy atom. The van der Waals surface area contributed by atoms with Gasteiger partial charge in [0.2, 0.25) is 0 Å². The number of hydrogen-bond acceptors (Lipinski definition) is 3. The van der Waals surface area contributed by atoms with E-state index in [1.165, 1.54) is 12.8 Å². The van der Waals surface area contributed by atoms with Crippen molar-refractivity contribution in [2.45, 2.75) is 26.3 Å². The van der Waals surface area contributed by atoms with Crippen molar-refractivity contribution in [3.63, 3.8) is 0 Å². The molecule has 0 aliphatic heterocycles. The molecule has 0 bridgehead atoms. The number of phenolic OH excluding ortho intramolecular Hbond substituents is 1. The Kier molecular flexibility index (Phi) is 1.71. The number of hydrogen-bond donors (Lipinski definition) is 1. The van der Waals surface area contributed by atoms with E-state index in [2.05, 4.69) is 10.3 Å². The zero-order chi connectivity index (χ0) is 10.4. The number of aryl methyl sites for hydroxylation is 1. The van der Waals surface area contributed by atoms with Crippen LogP contribution in [0.1, 0.15) is 18.4 Å². The fraction of sp³-hybridized carbons (Fsp3) is 0.455. The van der Waals surface area contributed by atoms with Crippen LogP contribution in [0.5, 0.6) is 5.75 Å². The van der Waals surface area contributed by atoms with Gasteiger partial charge in [-0.2, -0.15) is 0 Å². The zero-order valence-electron chi connectivity index (χ0n) is 8.64. The summed E-state index contributed by atoms with van der Waals surface area (Å²) in [5.74, 6) is 1.07. The third-order valence-corrected chi connectivity index (χ3v) is 3.04. The molecule has 1 heterocycles. The van der Waals surface area contributed by atoms with E-state index in [1.807, 2.05) is 17.7 Å². The van der Waals surface area contributed by atoms with Gasteiger partial charge in [0.1, 0.15) is 11.3 Å². The Balaban J connectivity index is 2.12. The number of benzene rings is 1. The molecule has 0 amide bonds. The summed E-state index contributed by atoms with van der Waals surface area (Å²) >= 11 is 0. The van der Waals surface area contributed by atoms with Crippen molar-refractivity contribution >= 4 is 11.0 Å². The summed E-state index contributed by atoms with van der Waals surface area (Å²) in [6, 6.07) is 3.60. The van der Waals surface area contributed by atoms with E-state index in [0.717, 1.165) is 29.1 Å². The van der Waals surface area contributed by atoms with Crippen molar-refractivity contribution in [3.05, 3.63) is 17.7 Å². The molecule has 1 aromatic heterocycles. The third-order valence-electron chi connectivity index (χ3n) is 3.04. The van der Waals surface area contributed by atoms with Gasteiger partial charge in [0, 0.05) is 12.1 Å². The van der Waals surface area contributed by atoms with Crippen molar-refractivity contribution < 1.29 is 5.11 Å². The molecule has 1 aliphatic carbocycles. The number of phenols is 1. The second-order valence-electron chi connectivity index (χ2n) is 4.29. The molecule has 0 atom stereocenters. The summed E-state index contributed by atoms with van der Waals surface area (Å²) in [6.07, 6.45) is 2.61. The lowest BCUT2D eigenvalue weighted by Gasteiger charge is -2.01. The largest absolute Gasteiger partial charge is 0.508 e. The maximum Gasteiger partial charge on any atom is 0.120 e. The average molecular weight is 203 g/mol. The Labute approximate surface area is 87.5 Å². The molecule has 0 saturated heterocycles. The maximum absolute atomic E-state index is 9.54. The molecule has 1 fully saturated rings. The molecular formula is C11H13N3O. The lowest BCUT2D eigenvalue weighted by atomic mass is 10.2. The molecule has 78 valence electrons. The highest BCUT2D eigenvalue weighted by atomic mass is 16.3. The van der Waals surface area contributed by atoms with Gasteiger partial charge < -0.3 is 5.11 Å². The highest BCUT2D eigenvalue weighted by Gasteiger charge is 2.23. The highest BCUT2D eigenvalue weighted by Crippen LogP contribution is 2.32. The summed E-state index contributed by atoms with van der Waals surface area (Å²) in [7, 11) is 0. The Morgan fingerprint density at radius 3 is 3.00 bits per heavy atom. The van der Waals surface area contributed by atoms with Gasteiger partial charge in [0.15, 0.2) is 0 Å². The van der Waals surface area contributed by atoms with Gasteiger partial charge in [-0.15, -0.1) is 5.10 Å². The first-order chi connectivity index (χ1) is 7.25. The van der Waals surface area contributed by atoms with Gasteiger partial charge in [-0.25, -0.2) is 4.68 Å². The minimum absolute atomic E-state index is 0.293. The number of rotatable bonds is 2. The first kappa shape index (κ1) is 8.71. The molecule has 0 unspecified atom stereocenters. The topological polar surface area (TPSA) is 50.9 Å². The van der Waals surface area contributed by atoms with Crippen LogP contribution < -0.4 is 0 Å². The zero-order valence-corrected chi connectivity index (χ0v) is 8.64. The molecule has 0 radical (unpaired) electrons. The Morgan fingerprint density at radius 1 is 1.47 bits per heavy atom. The van der Waals surface area contributed by atoms with E-state index in [1.54, 1.807) is 6.07 Å². The lowest BCUT2D eigenvalue weighted by Crippen LogP contribution is -2.01. The molecule has 1 saturated carbocycles. The smallest absolute Gasteiger partial charge is 0.120 e. The van der Waals surface area contributed by atoms with Gasteiger partial charge in [-0.1, -0.05) is 5.21 Å². The number of fused-ring (bicyclic) bond motifs is 1. The molecule has 1 aromatic carbocycles. The summed E-state index contributed by atoms with van der Waals surface area (Å²) in [6.45, 7) is 2.83. The maximum atomic E-state index is 9.54. The normalized spacial score (nSPS) is 16.1. The molecule has 1 aliphatic rings. The van der Waals surface area contributed by atoms with Crippen LogP contribution in [0.3, 0.4) is 0 Å². The fourth-order valence-electron chi connectivity index (χ4n) is 1.84. The molecule has 4 heteroatoms. The van der Waals surface area contributed by atoms with Gasteiger partial charge in [0.05, 0.1) is 5.52 Å². The molecule has 3 rings (SSSR count). The van der Waals surface area contributed by atoms with Crippen LogP contribution in [0, 0.1) is 12.8 Å². The van der Waals surface area contributed by atoms with Gasteiger partial charge >= 0.3 is 0 Å². The SMILES string of the molecule is Cc1c(O)ccc2c1nnn2CC1CC1. The minimum atomic E-state index is 0.293. The van der Waals surface area contributed by atoms with Crippen molar-refractivity contribution in [1.82, 2.24) is 15.0 Å². The van der Waals surface area contributed by atoms with Crippen LogP contribution in [-0.2, 0) is 6.54 Å². The average Bonchev–Trinajstić information content (AvgIpc) is 2.93. The van der Waals surface area contributed by atoms with E-state index >= 15 is 0 Å². The van der Waals surface area contributed by atoms with Crippen LogP contribution in [0.4, 0.5) is 0 Å². The first-order valence-corrected chi connectivity index (χ1v) is 5.27. The van der Waals surface area contributed by atoms with Crippen molar-refractivity contribution in [2.75, 3.05) is 0 Å². The summed E-state index contributed by atoms with van der Waals surface area (Å²) in [5.41, 5.74) is 2.65. The summed E-state index contributed by atoms with van der Waals surface area (Å²) in [4.78, 5) is 0. The molecule has 0 spiro atoms. The van der Waals surface area contributed by atoms with E-state index < -0.39 is 0 Å². The predicted molar refractivity (Wildman–Crippen MR) is 56.7 cm³/mol. The minimum Gasteiger partial charge on any atom is -0.508 e. The lowest BCUT2D eigenvalue weighted by molar-refractivity contribution is 0.472. The quantitative estimate of drug-likeness (QED) is 0.810. The van der Waals surface area contributed by atoms with Crippen LogP contribution in [0.15, 0.2) is 12.1 Å². The second kappa shape index (κ2) is 2.95. The number of aromatic nitrogens is 3. The summed E-state index contributed by atoms with van der Waals surface area (Å²) in [5, 5.41) is 17.8. The summed E-state index contributed by atoms with van der Waals surface area (Å²) < 4.78 is 1.94. The van der Waals surface area contributed by atoms with E-state index in [9.17, 15) is 5.11 Å². The van der Waals surface area contributed by atoms with Crippen molar-refractivity contribution in [2.24, 2.45) is 5.92 Å². The standard InChI is InChI=1S/C11H13N3O/c1-7-10(15)5-4-9-11(7)12-13-14(9)6-8-2-3-8/h4-5,8,15H,2-3,6H2,1H3. The van der Waals surface area contributed by atoms with Crippen molar-refractivity contribution in [1.29, 1.82) is 0 Å². The molecular weight excluding hydrogens is 190 g/mol. The highest BCUT2D eigenvalue weighted by molar-refractivity contribution is 5.80. The Hall–Kier alpha value is -1.58. The number of nitrogens with zero attached hydrogens (tertiary/aromatic N) is 3. The predicted octanol–water partition coefficient (Wildman–Crippen LogP) is 1.86. The van der Waals surface area contributed by atoms with Gasteiger partial charge in [0.25, 0.3) is 0 Å². The van der Waals surface area contributed by atoms with Crippen LogP contribution >= 0.6 is 0 Å². The van der Waals surface area contributed by atoms with Crippen LogP contribution in [-0.4, -0.2) is 20.1 Å². The van der Waals surface area contributed by atoms with E-state index in [4.69, 9.17) is 0 Å². The Bertz CT molecular complexity index is 514. The van der Waals surface area contributed by atoms with Crippen LogP contribution in [0.2, 0.25) is 0 Å². The second-order valence-corrected chi connectivity index (χ2v) is 4.29. The fourth-order valence-corrected chi connectivity index (χ4v) is 1.84. The molecule has 4 nitrogen and oxygen atoms in total. The van der Waals surface area contributed by atoms with Gasteiger partial charge in [-0.3, -0.25) is 0 Å². The van der Waals surface area contributed by atoms with E-state index in [-0.39, 0.29) is 0 Å².